The fraction of sp³-hybridized carbons (Fsp3) is 0.632. The minimum Gasteiger partial charge on any atom is -0.508 e. The van der Waals surface area contributed by atoms with Crippen molar-refractivity contribution in [1.82, 2.24) is 26.2 Å². The maximum Gasteiger partial charge on any atom is 0.326 e. The monoisotopic (exact) mass is 816 g/mol. The molecule has 0 aromatic heterocycles. The molecule has 0 bridgehead atoms. The van der Waals surface area contributed by atoms with E-state index in [9.17, 15) is 39.0 Å². The van der Waals surface area contributed by atoms with Crippen LogP contribution in [0, 0.1) is 11.3 Å². The minimum absolute atomic E-state index is 0.0143. The molecule has 20 heteroatoms. The van der Waals surface area contributed by atoms with Gasteiger partial charge in [-0.2, -0.15) is 0 Å². The Hall–Kier alpha value is -5.66. The molecule has 324 valence electrons. The van der Waals surface area contributed by atoms with Gasteiger partial charge < -0.3 is 65.0 Å². The average Bonchev–Trinajstić information content (AvgIpc) is 3.63. The number of guanidine groups is 2. The van der Waals surface area contributed by atoms with Crippen molar-refractivity contribution >= 4 is 47.4 Å². The van der Waals surface area contributed by atoms with Crippen LogP contribution in [0.1, 0.15) is 85.1 Å². The molecule has 6 atom stereocenters. The fourth-order valence-corrected chi connectivity index (χ4v) is 6.40. The number of carboxylic acid groups (broad SMARTS) is 1. The SMILES string of the molecule is CC(C)C[C@H](NC(=O)[C@@H](NC(=O)[C@H](Cc1ccc(O)cc1)NC(=O)[C@@H]1CCCN1C(=O)[C@H](CCCN=C(N)N)NC(=O)[C@@H](N)CCCN=C(N)N)C(C)(C)C)C(=O)O. The number of hydrogen-bond acceptors (Lipinski definition) is 10. The quantitative estimate of drug-likeness (QED) is 0.0360. The van der Waals surface area contributed by atoms with Crippen LogP contribution in [0.25, 0.3) is 0 Å². The van der Waals surface area contributed by atoms with Crippen LogP contribution in [0.5, 0.6) is 5.75 Å². The van der Waals surface area contributed by atoms with Crippen molar-refractivity contribution < 1.29 is 39.0 Å². The Kier molecular flexibility index (Phi) is 19.2. The van der Waals surface area contributed by atoms with Crippen LogP contribution in [0.2, 0.25) is 0 Å². The second-order valence-electron chi connectivity index (χ2n) is 16.0. The summed E-state index contributed by atoms with van der Waals surface area (Å²) in [6.07, 6.45) is 1.87. The molecule has 0 radical (unpaired) electrons. The molecular weight excluding hydrogens is 752 g/mol. The van der Waals surface area contributed by atoms with Gasteiger partial charge in [-0.3, -0.25) is 34.0 Å². The Morgan fingerprint density at radius 2 is 1.38 bits per heavy atom. The predicted molar refractivity (Wildman–Crippen MR) is 219 cm³/mol. The highest BCUT2D eigenvalue weighted by Crippen LogP contribution is 2.23. The maximum atomic E-state index is 14.1. The molecule has 1 heterocycles. The highest BCUT2D eigenvalue weighted by Gasteiger charge is 2.41. The van der Waals surface area contributed by atoms with Gasteiger partial charge in [-0.1, -0.05) is 46.8 Å². The fourth-order valence-electron chi connectivity index (χ4n) is 6.40. The first-order valence-corrected chi connectivity index (χ1v) is 19.5. The van der Waals surface area contributed by atoms with Gasteiger partial charge in [0.15, 0.2) is 11.9 Å². The van der Waals surface area contributed by atoms with E-state index in [-0.39, 0.29) is 75.3 Å². The normalized spacial score (nSPS) is 16.5. The van der Waals surface area contributed by atoms with Gasteiger partial charge in [0.05, 0.1) is 6.04 Å². The number of aliphatic imine (C=N–C) groups is 2. The summed E-state index contributed by atoms with van der Waals surface area (Å²) in [6, 6.07) is -0.780. The topological polar surface area (TPSA) is 349 Å². The van der Waals surface area contributed by atoms with Crippen molar-refractivity contribution in [3.05, 3.63) is 29.8 Å². The largest absolute Gasteiger partial charge is 0.508 e. The number of nitrogens with two attached hydrogens (primary N) is 5. The minimum atomic E-state index is -1.27. The summed E-state index contributed by atoms with van der Waals surface area (Å²) in [6.45, 7) is 9.38. The number of rotatable bonds is 22. The first kappa shape index (κ1) is 48.5. The predicted octanol–water partition coefficient (Wildman–Crippen LogP) is -1.52. The number of carbonyl (C=O) groups excluding carboxylic acids is 5. The van der Waals surface area contributed by atoms with Crippen molar-refractivity contribution in [3.63, 3.8) is 0 Å². The lowest BCUT2D eigenvalue weighted by atomic mass is 9.85. The van der Waals surface area contributed by atoms with Gasteiger partial charge in [-0.15, -0.1) is 0 Å². The Morgan fingerprint density at radius 3 is 1.91 bits per heavy atom. The lowest BCUT2D eigenvalue weighted by Crippen LogP contribution is -2.61. The van der Waals surface area contributed by atoms with E-state index < -0.39 is 77.2 Å². The molecule has 2 rings (SSSR count). The molecule has 58 heavy (non-hydrogen) atoms. The maximum absolute atomic E-state index is 14.1. The van der Waals surface area contributed by atoms with Crippen LogP contribution in [0.15, 0.2) is 34.3 Å². The van der Waals surface area contributed by atoms with Gasteiger partial charge >= 0.3 is 5.97 Å². The number of nitrogens with one attached hydrogen (secondary N) is 4. The molecule has 16 N–H and O–H groups in total. The van der Waals surface area contributed by atoms with Crippen LogP contribution < -0.4 is 49.9 Å². The Labute approximate surface area is 339 Å². The van der Waals surface area contributed by atoms with Gasteiger partial charge in [-0.25, -0.2) is 4.79 Å². The van der Waals surface area contributed by atoms with E-state index in [0.29, 0.717) is 24.8 Å². The van der Waals surface area contributed by atoms with Crippen LogP contribution in [0.3, 0.4) is 0 Å². The summed E-state index contributed by atoms with van der Waals surface area (Å²) in [4.78, 5) is 90.2. The Balaban J connectivity index is 2.37. The molecule has 0 aliphatic carbocycles. The molecule has 0 spiro atoms. The van der Waals surface area contributed by atoms with Gasteiger partial charge in [0, 0.05) is 26.1 Å². The van der Waals surface area contributed by atoms with Crippen molar-refractivity contribution in [2.24, 2.45) is 50.0 Å². The van der Waals surface area contributed by atoms with Gasteiger partial charge in [0.2, 0.25) is 29.5 Å². The summed E-state index contributed by atoms with van der Waals surface area (Å²) in [5, 5.41) is 30.4. The first-order chi connectivity index (χ1) is 27.1. The summed E-state index contributed by atoms with van der Waals surface area (Å²) < 4.78 is 0. The number of phenolic OH excluding ortho intramolecular Hbond substituents is 1. The number of aromatic hydroxyl groups is 1. The standard InChI is InChI=1S/C38H64N12O8/c1-21(2)19-27(35(57)58)48-33(55)29(38(3,4)5)49-31(53)26(20-22-12-14-23(51)15-13-22)47-32(54)28-11-8-18-50(28)34(56)25(10-7-17-45-37(42)43)46-30(52)24(39)9-6-16-44-36(40)41/h12-15,21,24-29,51H,6-11,16-20,39H2,1-5H3,(H,46,52)(H,47,54)(H,48,55)(H,49,53)(H,57,58)(H4,40,41,44)(H4,42,43,45)/t24-,25-,26-,27-,28-,29+/m0/s1. The number of carbonyl (C=O) groups is 6. The summed E-state index contributed by atoms with van der Waals surface area (Å²) in [5.74, 6) is -4.73. The molecule has 1 saturated heterocycles. The summed E-state index contributed by atoms with van der Waals surface area (Å²) in [5.41, 5.74) is 27.4. The molecule has 1 fully saturated rings. The third-order valence-corrected chi connectivity index (χ3v) is 9.45. The highest BCUT2D eigenvalue weighted by atomic mass is 16.4. The lowest BCUT2D eigenvalue weighted by molar-refractivity contribution is -0.143. The smallest absolute Gasteiger partial charge is 0.326 e. The van der Waals surface area contributed by atoms with Gasteiger partial charge in [-0.05, 0) is 74.0 Å². The second kappa shape index (κ2) is 22.9. The number of likely N-dealkylation sites (tertiary alicyclic amines) is 1. The van der Waals surface area contributed by atoms with Crippen LogP contribution in [0.4, 0.5) is 0 Å². The van der Waals surface area contributed by atoms with Crippen LogP contribution in [-0.2, 0) is 35.2 Å². The number of amides is 5. The lowest BCUT2D eigenvalue weighted by Gasteiger charge is -2.33. The molecule has 20 nitrogen and oxygen atoms in total. The van der Waals surface area contributed by atoms with E-state index in [2.05, 4.69) is 31.3 Å². The van der Waals surface area contributed by atoms with E-state index in [4.69, 9.17) is 28.7 Å². The summed E-state index contributed by atoms with van der Waals surface area (Å²) in [7, 11) is 0. The number of phenols is 1. The molecule has 1 aromatic rings. The van der Waals surface area contributed by atoms with Crippen molar-refractivity contribution in [2.45, 2.75) is 122 Å². The van der Waals surface area contributed by atoms with E-state index in [0.717, 1.165) is 0 Å². The molecule has 1 aliphatic rings. The van der Waals surface area contributed by atoms with E-state index in [1.165, 1.54) is 17.0 Å². The summed E-state index contributed by atoms with van der Waals surface area (Å²) >= 11 is 0. The average molecular weight is 817 g/mol. The third kappa shape index (κ3) is 16.4. The van der Waals surface area contributed by atoms with E-state index in [1.54, 1.807) is 32.9 Å². The molecule has 0 saturated carbocycles. The number of nitrogens with zero attached hydrogens (tertiary/aromatic N) is 3. The number of hydrogen-bond donors (Lipinski definition) is 11. The highest BCUT2D eigenvalue weighted by molar-refractivity contribution is 5.97. The van der Waals surface area contributed by atoms with Crippen molar-refractivity contribution in [2.75, 3.05) is 19.6 Å². The van der Waals surface area contributed by atoms with Gasteiger partial charge in [0.1, 0.15) is 36.0 Å². The molecule has 5 amide bonds. The van der Waals surface area contributed by atoms with Crippen molar-refractivity contribution in [3.8, 4) is 5.75 Å². The van der Waals surface area contributed by atoms with Crippen LogP contribution >= 0.6 is 0 Å². The molecular formula is C38H64N12O8. The number of benzene rings is 1. The molecule has 1 aliphatic heterocycles. The van der Waals surface area contributed by atoms with Crippen molar-refractivity contribution in [1.29, 1.82) is 0 Å². The first-order valence-electron chi connectivity index (χ1n) is 19.5. The van der Waals surface area contributed by atoms with Gasteiger partial charge in [0.25, 0.3) is 0 Å². The van der Waals surface area contributed by atoms with E-state index in [1.807, 2.05) is 13.8 Å². The third-order valence-electron chi connectivity index (χ3n) is 9.45. The second-order valence-corrected chi connectivity index (χ2v) is 16.0. The Morgan fingerprint density at radius 1 is 0.810 bits per heavy atom. The zero-order valence-electron chi connectivity index (χ0n) is 34.2. The molecule has 1 aromatic carbocycles. The Bertz CT molecular complexity index is 1620. The van der Waals surface area contributed by atoms with E-state index >= 15 is 0 Å². The number of aliphatic carboxylic acids is 1. The zero-order valence-corrected chi connectivity index (χ0v) is 34.2. The van der Waals surface area contributed by atoms with Crippen LogP contribution in [-0.4, -0.2) is 118 Å². The zero-order chi connectivity index (χ0) is 43.7. The molecule has 0 unspecified atom stereocenters. The number of carboxylic acids is 1.